The maximum atomic E-state index is 13.5. The van der Waals surface area contributed by atoms with Gasteiger partial charge in [-0.3, -0.25) is 13.9 Å². The van der Waals surface area contributed by atoms with Crippen molar-refractivity contribution >= 4 is 50.7 Å². The Morgan fingerprint density at radius 1 is 1.05 bits per heavy atom. The van der Waals surface area contributed by atoms with E-state index in [1.165, 1.54) is 19.1 Å². The number of halogens is 5. The number of hydrogen-bond acceptors (Lipinski definition) is 4. The Hall–Kier alpha value is -2.50. The van der Waals surface area contributed by atoms with Gasteiger partial charge in [0, 0.05) is 22.1 Å². The molecule has 0 saturated heterocycles. The van der Waals surface area contributed by atoms with Crippen molar-refractivity contribution in [2.75, 3.05) is 17.1 Å². The Bertz CT molecular complexity index is 1260. The van der Waals surface area contributed by atoms with Crippen molar-refractivity contribution in [3.63, 3.8) is 0 Å². The molecular formula is C24H28Cl2F3N3O4S. The molecule has 37 heavy (non-hydrogen) atoms. The summed E-state index contributed by atoms with van der Waals surface area (Å²) in [6.45, 7) is 5.67. The average Bonchev–Trinajstić information content (AvgIpc) is 2.74. The summed E-state index contributed by atoms with van der Waals surface area (Å²) in [6, 6.07) is 7.10. The van der Waals surface area contributed by atoms with Crippen LogP contribution >= 0.6 is 23.2 Å². The molecule has 0 aromatic heterocycles. The molecule has 2 aromatic rings. The van der Waals surface area contributed by atoms with Gasteiger partial charge < -0.3 is 10.2 Å². The van der Waals surface area contributed by atoms with Gasteiger partial charge in [0.15, 0.2) is 0 Å². The van der Waals surface area contributed by atoms with Gasteiger partial charge in [-0.05, 0) is 63.6 Å². The first-order valence-corrected chi connectivity index (χ1v) is 13.6. The Kier molecular flexibility index (Phi) is 9.54. The lowest BCUT2D eigenvalue weighted by Crippen LogP contribution is -2.54. The Balaban J connectivity index is 2.49. The maximum Gasteiger partial charge on any atom is 0.416 e. The fourth-order valence-corrected chi connectivity index (χ4v) is 4.65. The van der Waals surface area contributed by atoms with Crippen LogP contribution < -0.4 is 9.62 Å². The van der Waals surface area contributed by atoms with Gasteiger partial charge in [-0.15, -0.1) is 0 Å². The third-order valence-electron chi connectivity index (χ3n) is 5.16. The van der Waals surface area contributed by atoms with Crippen molar-refractivity contribution in [3.8, 4) is 0 Å². The highest BCUT2D eigenvalue weighted by Crippen LogP contribution is 2.32. The van der Waals surface area contributed by atoms with Gasteiger partial charge in [0.1, 0.15) is 12.6 Å². The summed E-state index contributed by atoms with van der Waals surface area (Å²) in [5.41, 5.74) is -1.62. The molecule has 1 atom stereocenters. The van der Waals surface area contributed by atoms with E-state index in [0.29, 0.717) is 21.0 Å². The monoisotopic (exact) mass is 581 g/mol. The number of nitrogens with zero attached hydrogens (tertiary/aromatic N) is 2. The molecule has 0 spiro atoms. The van der Waals surface area contributed by atoms with Crippen molar-refractivity contribution in [2.24, 2.45) is 0 Å². The standard InChI is InChI=1S/C24H28Cl2F3N3O4S/c1-15(22(34)30-23(2,3)4)31(13-16-9-10-18(25)12-20(16)26)21(33)14-32(37(5,35)36)19-8-6-7-17(11-19)24(27,28)29/h6-12,15H,13-14H2,1-5H3,(H,30,34)/t15-/m0/s1. The molecule has 7 nitrogen and oxygen atoms in total. The first kappa shape index (κ1) is 30.7. The molecule has 0 bridgehead atoms. The second-order valence-electron chi connectivity index (χ2n) is 9.49. The van der Waals surface area contributed by atoms with Crippen LogP contribution in [0.5, 0.6) is 0 Å². The molecule has 0 aliphatic carbocycles. The molecule has 1 N–H and O–H groups in total. The van der Waals surface area contributed by atoms with Crippen molar-refractivity contribution < 1.29 is 31.2 Å². The van der Waals surface area contributed by atoms with Crippen molar-refractivity contribution in [2.45, 2.75) is 52.0 Å². The van der Waals surface area contributed by atoms with Gasteiger partial charge >= 0.3 is 6.18 Å². The van der Waals surface area contributed by atoms with Crippen LogP contribution in [0.3, 0.4) is 0 Å². The van der Waals surface area contributed by atoms with E-state index in [-0.39, 0.29) is 17.3 Å². The van der Waals surface area contributed by atoms with E-state index >= 15 is 0 Å². The van der Waals surface area contributed by atoms with Crippen LogP contribution in [0.15, 0.2) is 42.5 Å². The highest BCUT2D eigenvalue weighted by atomic mass is 35.5. The van der Waals surface area contributed by atoms with E-state index in [0.717, 1.165) is 29.4 Å². The van der Waals surface area contributed by atoms with Crippen LogP contribution in [0.2, 0.25) is 10.0 Å². The molecule has 0 saturated carbocycles. The molecular weight excluding hydrogens is 554 g/mol. The molecule has 0 aliphatic rings. The summed E-state index contributed by atoms with van der Waals surface area (Å²) < 4.78 is 65.4. The van der Waals surface area contributed by atoms with E-state index in [2.05, 4.69) is 5.32 Å². The molecule has 204 valence electrons. The Labute approximate surface area is 224 Å². The zero-order valence-corrected chi connectivity index (χ0v) is 23.2. The van der Waals surface area contributed by atoms with Crippen LogP contribution in [-0.2, 0) is 32.3 Å². The molecule has 0 heterocycles. The van der Waals surface area contributed by atoms with Gasteiger partial charge in [-0.25, -0.2) is 8.42 Å². The Morgan fingerprint density at radius 3 is 2.19 bits per heavy atom. The lowest BCUT2D eigenvalue weighted by atomic mass is 10.1. The molecule has 0 fully saturated rings. The lowest BCUT2D eigenvalue weighted by molar-refractivity contribution is -0.140. The van der Waals surface area contributed by atoms with Crippen LogP contribution in [0.25, 0.3) is 0 Å². The number of rotatable bonds is 8. The summed E-state index contributed by atoms with van der Waals surface area (Å²) >= 11 is 12.2. The zero-order valence-electron chi connectivity index (χ0n) is 20.9. The van der Waals surface area contributed by atoms with Gasteiger partial charge in [-0.1, -0.05) is 35.3 Å². The normalized spacial score (nSPS) is 13.1. The fraction of sp³-hybridized carbons (Fsp3) is 0.417. The molecule has 2 amide bonds. The van der Waals surface area contributed by atoms with Crippen LogP contribution in [0, 0.1) is 0 Å². The summed E-state index contributed by atoms with van der Waals surface area (Å²) in [5, 5.41) is 3.32. The number of amides is 2. The number of carbonyl (C=O) groups is 2. The quantitative estimate of drug-likeness (QED) is 0.469. The summed E-state index contributed by atoms with van der Waals surface area (Å²) in [6.07, 6.45) is -3.95. The van der Waals surface area contributed by atoms with Crippen molar-refractivity contribution in [1.29, 1.82) is 0 Å². The first-order chi connectivity index (χ1) is 16.8. The van der Waals surface area contributed by atoms with Gasteiger partial charge in [0.2, 0.25) is 21.8 Å². The largest absolute Gasteiger partial charge is 0.416 e. The number of hydrogen-bond donors (Lipinski definition) is 1. The number of sulfonamides is 1. The summed E-state index contributed by atoms with van der Waals surface area (Å²) in [7, 11) is -4.20. The van der Waals surface area contributed by atoms with Crippen LogP contribution in [-0.4, -0.2) is 49.5 Å². The van der Waals surface area contributed by atoms with Gasteiger partial charge in [0.05, 0.1) is 17.5 Å². The number of anilines is 1. The predicted octanol–water partition coefficient (Wildman–Crippen LogP) is 5.11. The summed E-state index contributed by atoms with van der Waals surface area (Å²) in [5.74, 6) is -1.35. The predicted molar refractivity (Wildman–Crippen MR) is 138 cm³/mol. The van der Waals surface area contributed by atoms with Gasteiger partial charge in [0.25, 0.3) is 0 Å². The van der Waals surface area contributed by atoms with Crippen LogP contribution in [0.1, 0.15) is 38.8 Å². The molecule has 2 rings (SSSR count). The number of nitrogens with one attached hydrogen (secondary N) is 1. The molecule has 0 unspecified atom stereocenters. The molecule has 0 aliphatic heterocycles. The van der Waals surface area contributed by atoms with Crippen LogP contribution in [0.4, 0.5) is 18.9 Å². The molecule has 13 heteroatoms. The van der Waals surface area contributed by atoms with E-state index in [9.17, 15) is 31.2 Å². The maximum absolute atomic E-state index is 13.5. The third-order valence-corrected chi connectivity index (χ3v) is 6.89. The number of carbonyl (C=O) groups excluding carboxylic acids is 2. The summed E-state index contributed by atoms with van der Waals surface area (Å²) in [4.78, 5) is 27.5. The second-order valence-corrected chi connectivity index (χ2v) is 12.2. The minimum absolute atomic E-state index is 0.187. The Morgan fingerprint density at radius 2 is 1.68 bits per heavy atom. The highest BCUT2D eigenvalue weighted by molar-refractivity contribution is 7.92. The minimum Gasteiger partial charge on any atom is -0.350 e. The van der Waals surface area contributed by atoms with E-state index in [1.807, 2.05) is 0 Å². The second kappa shape index (κ2) is 11.5. The van der Waals surface area contributed by atoms with Crippen molar-refractivity contribution in [3.05, 3.63) is 63.6 Å². The first-order valence-electron chi connectivity index (χ1n) is 11.0. The zero-order chi connectivity index (χ0) is 28.3. The topological polar surface area (TPSA) is 86.8 Å². The van der Waals surface area contributed by atoms with E-state index in [1.54, 1.807) is 26.8 Å². The molecule has 0 radical (unpaired) electrons. The minimum atomic E-state index is -4.72. The lowest BCUT2D eigenvalue weighted by Gasteiger charge is -2.33. The molecule has 2 aromatic carbocycles. The SMILES string of the molecule is C[C@@H](C(=O)NC(C)(C)C)N(Cc1ccc(Cl)cc1Cl)C(=O)CN(c1cccc(C(F)(F)F)c1)S(C)(=O)=O. The van der Waals surface area contributed by atoms with E-state index < -0.39 is 51.7 Å². The van der Waals surface area contributed by atoms with Gasteiger partial charge in [-0.2, -0.15) is 13.2 Å². The van der Waals surface area contributed by atoms with Crippen molar-refractivity contribution in [1.82, 2.24) is 10.2 Å². The third kappa shape index (κ3) is 8.79. The average molecular weight is 582 g/mol. The van der Waals surface area contributed by atoms with E-state index in [4.69, 9.17) is 23.2 Å². The fourth-order valence-electron chi connectivity index (χ4n) is 3.34. The smallest absolute Gasteiger partial charge is 0.350 e. The number of alkyl halides is 3. The highest BCUT2D eigenvalue weighted by Gasteiger charge is 2.34. The number of benzene rings is 2.